The molecule has 0 amide bonds. The van der Waals surface area contributed by atoms with E-state index in [2.05, 4.69) is 12.2 Å². The minimum atomic E-state index is -2.88. The van der Waals surface area contributed by atoms with E-state index >= 15 is 0 Å². The van der Waals surface area contributed by atoms with Gasteiger partial charge in [-0.2, -0.15) is 0 Å². The molecule has 0 aliphatic heterocycles. The van der Waals surface area contributed by atoms with Crippen LogP contribution in [0.3, 0.4) is 0 Å². The molecule has 112 valence electrons. The Morgan fingerprint density at radius 1 is 1.00 bits per heavy atom. The maximum Gasteiger partial charge on any atom is 0.151 e. The molecule has 0 radical (unpaired) electrons. The lowest BCUT2D eigenvalue weighted by Gasteiger charge is -2.29. The summed E-state index contributed by atoms with van der Waals surface area (Å²) < 4.78 is 23.5. The lowest BCUT2D eigenvalue weighted by atomic mass is 9.81. The van der Waals surface area contributed by atoms with Gasteiger partial charge in [-0.25, -0.2) is 8.42 Å². The third kappa shape index (κ3) is 4.19. The highest BCUT2D eigenvalue weighted by atomic mass is 32.2. The van der Waals surface area contributed by atoms with E-state index in [4.69, 9.17) is 0 Å². The summed E-state index contributed by atoms with van der Waals surface area (Å²) in [5.41, 5.74) is 0. The largest absolute Gasteiger partial charge is 0.312 e. The van der Waals surface area contributed by atoms with Crippen LogP contribution in [0.25, 0.3) is 0 Å². The number of rotatable bonds is 5. The van der Waals surface area contributed by atoms with Crippen molar-refractivity contribution < 1.29 is 8.42 Å². The van der Waals surface area contributed by atoms with Gasteiger partial charge in [-0.3, -0.25) is 0 Å². The zero-order chi connectivity index (χ0) is 13.9. The molecule has 0 bridgehead atoms. The van der Waals surface area contributed by atoms with E-state index < -0.39 is 9.84 Å². The normalized spacial score (nSPS) is 36.5. The summed E-state index contributed by atoms with van der Waals surface area (Å²) in [6.45, 7) is 3.31. The van der Waals surface area contributed by atoms with Gasteiger partial charge < -0.3 is 5.32 Å². The topological polar surface area (TPSA) is 46.2 Å². The molecule has 4 heteroatoms. The predicted octanol–water partition coefficient (Wildman–Crippen LogP) is 2.76. The monoisotopic (exact) mass is 287 g/mol. The van der Waals surface area contributed by atoms with Crippen molar-refractivity contribution in [2.75, 3.05) is 12.8 Å². The third-order valence-corrected chi connectivity index (χ3v) is 6.88. The van der Waals surface area contributed by atoms with E-state index in [1.54, 1.807) is 0 Å². The Kier molecular flexibility index (Phi) is 5.29. The van der Waals surface area contributed by atoms with Gasteiger partial charge in [0, 0.05) is 12.3 Å². The lowest BCUT2D eigenvalue weighted by molar-refractivity contribution is 0.257. The van der Waals surface area contributed by atoms with Crippen LogP contribution in [0.1, 0.15) is 58.3 Å². The van der Waals surface area contributed by atoms with Gasteiger partial charge in [0.2, 0.25) is 0 Å². The molecule has 0 heterocycles. The highest BCUT2D eigenvalue weighted by molar-refractivity contribution is 7.91. The summed E-state index contributed by atoms with van der Waals surface area (Å²) in [6, 6.07) is 0.207. The van der Waals surface area contributed by atoms with E-state index in [-0.39, 0.29) is 11.3 Å². The molecule has 2 aliphatic rings. The number of hydrogen-bond donors (Lipinski definition) is 1. The Balaban J connectivity index is 1.76. The fraction of sp³-hybridized carbons (Fsp3) is 1.00. The van der Waals surface area contributed by atoms with Crippen molar-refractivity contribution >= 4 is 9.84 Å². The minimum absolute atomic E-state index is 0.139. The smallest absolute Gasteiger partial charge is 0.151 e. The lowest BCUT2D eigenvalue weighted by Crippen LogP contribution is -2.42. The molecule has 0 aromatic heterocycles. The molecule has 2 saturated carbocycles. The number of sulfone groups is 1. The molecule has 0 aromatic carbocycles. The van der Waals surface area contributed by atoms with Gasteiger partial charge in [-0.1, -0.05) is 32.6 Å². The molecule has 3 nitrogen and oxygen atoms in total. The van der Waals surface area contributed by atoms with Crippen molar-refractivity contribution in [1.82, 2.24) is 5.32 Å². The van der Waals surface area contributed by atoms with Crippen LogP contribution in [0, 0.1) is 11.8 Å². The molecule has 2 rings (SSSR count). The van der Waals surface area contributed by atoms with Crippen molar-refractivity contribution in [3.05, 3.63) is 0 Å². The van der Waals surface area contributed by atoms with Crippen LogP contribution >= 0.6 is 0 Å². The van der Waals surface area contributed by atoms with Gasteiger partial charge in [-0.15, -0.1) is 0 Å². The second-order valence-electron chi connectivity index (χ2n) is 6.61. The maximum atomic E-state index is 11.7. The quantitative estimate of drug-likeness (QED) is 0.845. The summed E-state index contributed by atoms with van der Waals surface area (Å²) in [4.78, 5) is 0. The zero-order valence-electron chi connectivity index (χ0n) is 12.4. The average molecular weight is 287 g/mol. The summed E-state index contributed by atoms with van der Waals surface area (Å²) >= 11 is 0. The SMILES string of the molecule is CCC1CCC(CNC2CCCC2S(C)(=O)=O)CC1. The molecule has 19 heavy (non-hydrogen) atoms. The zero-order valence-corrected chi connectivity index (χ0v) is 13.2. The number of nitrogens with one attached hydrogen (secondary N) is 1. The molecule has 0 saturated heterocycles. The van der Waals surface area contributed by atoms with Crippen LogP contribution in [-0.4, -0.2) is 32.5 Å². The average Bonchev–Trinajstić information content (AvgIpc) is 2.85. The van der Waals surface area contributed by atoms with Crippen LogP contribution in [0.4, 0.5) is 0 Å². The Hall–Kier alpha value is -0.0900. The molecular formula is C15H29NO2S. The van der Waals surface area contributed by atoms with Gasteiger partial charge in [0.1, 0.15) is 0 Å². The first-order valence-electron chi connectivity index (χ1n) is 7.93. The summed E-state index contributed by atoms with van der Waals surface area (Å²) in [5, 5.41) is 3.42. The number of hydrogen-bond acceptors (Lipinski definition) is 3. The first-order valence-corrected chi connectivity index (χ1v) is 9.88. The minimum Gasteiger partial charge on any atom is -0.312 e. The molecule has 0 spiro atoms. The van der Waals surface area contributed by atoms with Crippen LogP contribution in [0.2, 0.25) is 0 Å². The Bertz CT molecular complexity index is 372. The van der Waals surface area contributed by atoms with E-state index in [1.165, 1.54) is 38.4 Å². The molecule has 0 aromatic rings. The van der Waals surface area contributed by atoms with Crippen molar-refractivity contribution in [3.8, 4) is 0 Å². The molecule has 2 aliphatic carbocycles. The second kappa shape index (κ2) is 6.57. The standard InChI is InChI=1S/C15H29NO2S/c1-3-12-7-9-13(10-8-12)11-16-14-5-4-6-15(14)19(2,17)18/h12-16H,3-11H2,1-2H3. The first-order chi connectivity index (χ1) is 9.00. The Labute approximate surface area is 118 Å². The Morgan fingerprint density at radius 3 is 2.21 bits per heavy atom. The predicted molar refractivity (Wildman–Crippen MR) is 80.0 cm³/mol. The van der Waals surface area contributed by atoms with Gasteiger partial charge in [0.05, 0.1) is 5.25 Å². The van der Waals surface area contributed by atoms with Crippen molar-refractivity contribution in [1.29, 1.82) is 0 Å². The van der Waals surface area contributed by atoms with E-state index in [0.29, 0.717) is 0 Å². The molecule has 2 atom stereocenters. The van der Waals surface area contributed by atoms with Crippen LogP contribution in [0.15, 0.2) is 0 Å². The van der Waals surface area contributed by atoms with Crippen LogP contribution in [-0.2, 0) is 9.84 Å². The van der Waals surface area contributed by atoms with Crippen molar-refractivity contribution in [2.24, 2.45) is 11.8 Å². The molecule has 2 fully saturated rings. The van der Waals surface area contributed by atoms with Gasteiger partial charge in [-0.05, 0) is 44.1 Å². The Morgan fingerprint density at radius 2 is 1.63 bits per heavy atom. The van der Waals surface area contributed by atoms with E-state index in [0.717, 1.165) is 37.6 Å². The highest BCUT2D eigenvalue weighted by Gasteiger charge is 2.34. The second-order valence-corrected chi connectivity index (χ2v) is 8.87. The van der Waals surface area contributed by atoms with E-state index in [1.807, 2.05) is 0 Å². The summed E-state index contributed by atoms with van der Waals surface area (Å²) in [7, 11) is -2.88. The first kappa shape index (κ1) is 15.3. The van der Waals surface area contributed by atoms with E-state index in [9.17, 15) is 8.42 Å². The third-order valence-electron chi connectivity index (χ3n) is 5.21. The van der Waals surface area contributed by atoms with Crippen LogP contribution < -0.4 is 5.32 Å². The van der Waals surface area contributed by atoms with Gasteiger partial charge in [0.25, 0.3) is 0 Å². The van der Waals surface area contributed by atoms with Crippen molar-refractivity contribution in [2.45, 2.75) is 69.6 Å². The fourth-order valence-electron chi connectivity index (χ4n) is 3.83. The maximum absolute atomic E-state index is 11.7. The molecular weight excluding hydrogens is 258 g/mol. The molecule has 2 unspecified atom stereocenters. The highest BCUT2D eigenvalue weighted by Crippen LogP contribution is 2.31. The van der Waals surface area contributed by atoms with Gasteiger partial charge in [0.15, 0.2) is 9.84 Å². The van der Waals surface area contributed by atoms with Crippen molar-refractivity contribution in [3.63, 3.8) is 0 Å². The summed E-state index contributed by atoms with van der Waals surface area (Å²) in [5.74, 6) is 1.70. The molecule has 1 N–H and O–H groups in total. The van der Waals surface area contributed by atoms with Gasteiger partial charge >= 0.3 is 0 Å². The summed E-state index contributed by atoms with van der Waals surface area (Å²) in [6.07, 6.45) is 11.0. The van der Waals surface area contributed by atoms with Crippen LogP contribution in [0.5, 0.6) is 0 Å². The fourth-order valence-corrected chi connectivity index (χ4v) is 5.26.